The summed E-state index contributed by atoms with van der Waals surface area (Å²) < 4.78 is 27.1. The lowest BCUT2D eigenvalue weighted by molar-refractivity contribution is -0.157. The van der Waals surface area contributed by atoms with E-state index in [2.05, 4.69) is 10.3 Å². The minimum absolute atomic E-state index is 0.0506. The molecule has 0 spiro atoms. The number of hydrogen-bond acceptors (Lipinski definition) is 11. The molecule has 15 nitrogen and oxygen atoms in total. The Kier molecular flexibility index (Phi) is 11.8. The average molecular weight is 663 g/mol. The molecule has 2 aliphatic heterocycles. The van der Waals surface area contributed by atoms with E-state index in [-0.39, 0.29) is 49.6 Å². The molecule has 0 saturated carbocycles. The van der Waals surface area contributed by atoms with Gasteiger partial charge in [0.05, 0.1) is 29.1 Å². The van der Waals surface area contributed by atoms with Crippen LogP contribution in [0.4, 0.5) is 0 Å². The van der Waals surface area contributed by atoms with Gasteiger partial charge in [-0.25, -0.2) is 13.3 Å². The number of aryl methyl sites for hydroxylation is 1. The molecular formula is C30H46N8O7S. The van der Waals surface area contributed by atoms with Crippen molar-refractivity contribution >= 4 is 45.2 Å². The molecule has 254 valence electrons. The van der Waals surface area contributed by atoms with Crippen LogP contribution in [0, 0.1) is 12.8 Å². The lowest BCUT2D eigenvalue weighted by Gasteiger charge is -2.46. The molecule has 2 fully saturated rings. The van der Waals surface area contributed by atoms with Gasteiger partial charge in [0.2, 0.25) is 26.4 Å². The number of carbonyl (C=O) groups is 5. The third kappa shape index (κ3) is 6.99. The molecule has 16 heteroatoms. The summed E-state index contributed by atoms with van der Waals surface area (Å²) >= 11 is 0. The zero-order valence-corrected chi connectivity index (χ0v) is 27.6. The van der Waals surface area contributed by atoms with E-state index in [1.54, 1.807) is 20.8 Å². The van der Waals surface area contributed by atoms with E-state index >= 15 is 13.2 Å². The van der Waals surface area contributed by atoms with Gasteiger partial charge in [-0.3, -0.25) is 29.0 Å². The number of aliphatic imine (C=N–C) groups is 1. The van der Waals surface area contributed by atoms with E-state index in [1.165, 1.54) is 24.3 Å². The summed E-state index contributed by atoms with van der Waals surface area (Å²) in [6, 6.07) is 0.285. The highest BCUT2D eigenvalue weighted by atomic mass is 32.2. The summed E-state index contributed by atoms with van der Waals surface area (Å²) in [6.07, 6.45) is 0.949. The van der Waals surface area contributed by atoms with E-state index in [4.69, 9.17) is 22.9 Å². The predicted molar refractivity (Wildman–Crippen MR) is 170 cm³/mol. The highest BCUT2D eigenvalue weighted by molar-refractivity contribution is 7.94. The molecule has 4 amide bonds. The second-order valence-electron chi connectivity index (χ2n) is 12.2. The molecule has 9 N–H and O–H groups in total. The molecule has 2 heterocycles. The van der Waals surface area contributed by atoms with Crippen molar-refractivity contribution in [3.8, 4) is 0 Å². The number of likely N-dealkylation sites (tertiary alicyclic amines) is 1. The van der Waals surface area contributed by atoms with Gasteiger partial charge in [-0.15, -0.1) is 0 Å². The first-order valence-electron chi connectivity index (χ1n) is 15.3. The summed E-state index contributed by atoms with van der Waals surface area (Å²) in [5.41, 5.74) is 23.6. The van der Waals surface area contributed by atoms with Crippen molar-refractivity contribution < 1.29 is 32.4 Å². The minimum atomic E-state index is -5.11. The lowest BCUT2D eigenvalue weighted by atomic mass is 9.80. The van der Waals surface area contributed by atoms with Crippen LogP contribution in [0.15, 0.2) is 34.2 Å². The van der Waals surface area contributed by atoms with Gasteiger partial charge in [-0.1, -0.05) is 31.5 Å². The van der Waals surface area contributed by atoms with Gasteiger partial charge in [0.25, 0.3) is 11.8 Å². The molecule has 5 atom stereocenters. The topological polar surface area (TPSA) is 254 Å². The van der Waals surface area contributed by atoms with Gasteiger partial charge in [0.15, 0.2) is 11.7 Å². The van der Waals surface area contributed by atoms with Gasteiger partial charge in [-0.05, 0) is 63.6 Å². The molecule has 0 radical (unpaired) electrons. The van der Waals surface area contributed by atoms with E-state index in [0.717, 1.165) is 11.8 Å². The first-order valence-corrected chi connectivity index (χ1v) is 16.8. The maximum Gasteiger partial charge on any atom is 0.267 e. The maximum atomic E-state index is 15.1. The van der Waals surface area contributed by atoms with Crippen LogP contribution in [0.2, 0.25) is 0 Å². The standard InChI is InChI=1S/C30H46N8O7S/c1-17(2)24(37-16-13-22(32)26(37)41)30(25(40)23-8-6-14-35-23,46(44,45)20-11-9-18(3)10-12-20)28(43)38(19(4)39)27(42)21(31)7-5-15-36-29(33)34/h9-12,17,21-24,35H,5-8,13-16,31-32H2,1-4H3,(H4,33,34,36)/t21-,22-,23-,24?,30?/m0/s1. The summed E-state index contributed by atoms with van der Waals surface area (Å²) in [4.78, 5) is 75.3. The minimum Gasteiger partial charge on any atom is -0.370 e. The second kappa shape index (κ2) is 14.8. The molecule has 46 heavy (non-hydrogen) atoms. The molecule has 0 bridgehead atoms. The zero-order chi connectivity index (χ0) is 34.6. The molecule has 2 unspecified atom stereocenters. The smallest absolute Gasteiger partial charge is 0.267 e. The van der Waals surface area contributed by atoms with Gasteiger partial charge in [0, 0.05) is 20.0 Å². The Morgan fingerprint density at radius 2 is 1.76 bits per heavy atom. The number of benzene rings is 1. The average Bonchev–Trinajstić information content (AvgIpc) is 3.63. The number of amides is 4. The van der Waals surface area contributed by atoms with Crippen LogP contribution in [0.25, 0.3) is 0 Å². The van der Waals surface area contributed by atoms with Crippen LogP contribution in [0.3, 0.4) is 0 Å². The molecule has 1 aromatic rings. The van der Waals surface area contributed by atoms with Gasteiger partial charge in [-0.2, -0.15) is 0 Å². The number of nitrogens with two attached hydrogens (primary N) is 4. The van der Waals surface area contributed by atoms with Crippen LogP contribution < -0.4 is 28.3 Å². The maximum absolute atomic E-state index is 15.1. The molecule has 2 aliphatic rings. The molecule has 2 saturated heterocycles. The molecule has 0 aliphatic carbocycles. The van der Waals surface area contributed by atoms with Crippen LogP contribution in [-0.4, -0.2) is 102 Å². The normalized spacial score (nSPS) is 21.0. The predicted octanol–water partition coefficient (Wildman–Crippen LogP) is -1.30. The van der Waals surface area contributed by atoms with E-state index in [9.17, 15) is 19.2 Å². The number of hydrogen-bond donors (Lipinski definition) is 5. The third-order valence-corrected chi connectivity index (χ3v) is 10.9. The van der Waals surface area contributed by atoms with E-state index in [0.29, 0.717) is 18.5 Å². The number of nitrogens with one attached hydrogen (secondary N) is 1. The first-order chi connectivity index (χ1) is 21.5. The fourth-order valence-electron chi connectivity index (χ4n) is 6.28. The summed E-state index contributed by atoms with van der Waals surface area (Å²) in [7, 11) is -5.11. The quantitative estimate of drug-likeness (QED) is 0.0715. The van der Waals surface area contributed by atoms with Crippen molar-refractivity contribution in [1.82, 2.24) is 15.1 Å². The fourth-order valence-corrected chi connectivity index (χ4v) is 8.59. The Labute approximate surface area is 269 Å². The van der Waals surface area contributed by atoms with Crippen molar-refractivity contribution in [1.29, 1.82) is 0 Å². The summed E-state index contributed by atoms with van der Waals surface area (Å²) in [6.45, 7) is 6.19. The first kappa shape index (κ1) is 36.7. The molecule has 3 rings (SSSR count). The highest BCUT2D eigenvalue weighted by Gasteiger charge is 2.69. The summed E-state index contributed by atoms with van der Waals surface area (Å²) in [5, 5.41) is 2.98. The SMILES string of the molecule is CC(=O)N(C(=O)[C@@H](N)CCCN=C(N)N)C(=O)C(C(=O)[C@@H]1CCCN1)(C(C(C)C)N1CC[C@H](N)C1=O)S(=O)(=O)c1ccc(C)cc1. The largest absolute Gasteiger partial charge is 0.370 e. The van der Waals surface area contributed by atoms with Crippen molar-refractivity contribution in [2.45, 2.75) is 93.6 Å². The van der Waals surface area contributed by atoms with Gasteiger partial charge >= 0.3 is 0 Å². The van der Waals surface area contributed by atoms with Crippen molar-refractivity contribution in [3.05, 3.63) is 29.8 Å². The number of ketones is 1. The van der Waals surface area contributed by atoms with Crippen molar-refractivity contribution in [2.75, 3.05) is 19.6 Å². The Balaban J connectivity index is 2.37. The number of Topliss-reactive ketones (excluding diaryl/α,β-unsaturated/α-hetero) is 1. The fraction of sp³-hybridized carbons (Fsp3) is 0.600. The van der Waals surface area contributed by atoms with E-state index in [1.807, 2.05) is 0 Å². The van der Waals surface area contributed by atoms with Gasteiger partial charge < -0.3 is 33.2 Å². The number of guanidine groups is 1. The number of carbonyl (C=O) groups excluding carboxylic acids is 5. The second-order valence-corrected chi connectivity index (χ2v) is 14.4. The number of rotatable bonds is 13. The molecule has 0 aromatic heterocycles. The highest BCUT2D eigenvalue weighted by Crippen LogP contribution is 2.41. The number of nitrogens with zero attached hydrogens (tertiary/aromatic N) is 3. The Bertz CT molecular complexity index is 1470. The number of imide groups is 3. The van der Waals surface area contributed by atoms with Crippen LogP contribution in [0.1, 0.15) is 58.4 Å². The number of sulfone groups is 1. The van der Waals surface area contributed by atoms with Crippen LogP contribution in [0.5, 0.6) is 0 Å². The van der Waals surface area contributed by atoms with Crippen molar-refractivity contribution in [3.63, 3.8) is 0 Å². The Hall–Kier alpha value is -3.73. The lowest BCUT2D eigenvalue weighted by Crippen LogP contribution is -2.74. The van der Waals surface area contributed by atoms with E-state index < -0.39 is 79.0 Å². The zero-order valence-electron chi connectivity index (χ0n) is 26.8. The Morgan fingerprint density at radius 1 is 1.13 bits per heavy atom. The molecular weight excluding hydrogens is 616 g/mol. The third-order valence-electron chi connectivity index (χ3n) is 8.50. The van der Waals surface area contributed by atoms with Crippen molar-refractivity contribution in [2.24, 2.45) is 33.8 Å². The van der Waals surface area contributed by atoms with Crippen LogP contribution in [-0.2, 0) is 33.8 Å². The van der Waals surface area contributed by atoms with Gasteiger partial charge in [0.1, 0.15) is 0 Å². The Morgan fingerprint density at radius 3 is 2.24 bits per heavy atom. The monoisotopic (exact) mass is 662 g/mol. The summed E-state index contributed by atoms with van der Waals surface area (Å²) in [5.74, 6) is -6.68. The molecule has 1 aromatic carbocycles. The van der Waals surface area contributed by atoms with Crippen LogP contribution >= 0.6 is 0 Å².